The Hall–Kier alpha value is -7.80. The lowest BCUT2D eigenvalue weighted by molar-refractivity contribution is 1.64. The van der Waals surface area contributed by atoms with Crippen molar-refractivity contribution < 1.29 is 0 Å². The minimum absolute atomic E-state index is 1.22. The first-order valence-electron chi connectivity index (χ1n) is 20.8. The molecule has 60 heavy (non-hydrogen) atoms. The van der Waals surface area contributed by atoms with Gasteiger partial charge in [-0.3, -0.25) is 0 Å². The van der Waals surface area contributed by atoms with Crippen molar-refractivity contribution in [1.82, 2.24) is 0 Å². The molecule has 0 amide bonds. The monoisotopic (exact) mass is 758 g/mol. The van der Waals surface area contributed by atoms with E-state index in [9.17, 15) is 0 Å². The standard InChI is InChI=1S/C60H38/c1-3-15-39(16-4-1)41-27-29-51-45-21-9-7-19-43(45)37-59(57(51)35-41)55-33-31-53(47-23-11-13-25-49(47)55)54-32-34-56(50-26-14-12-24-48(50)54)60-38-44-20-8-10-22-46(44)52-30-28-42(36-58(52)60)40-17-5-2-6-18-40/h1-38H. The van der Waals surface area contributed by atoms with Crippen molar-refractivity contribution in [3.63, 3.8) is 0 Å². The van der Waals surface area contributed by atoms with E-state index in [-0.39, 0.29) is 0 Å². The van der Waals surface area contributed by atoms with Crippen molar-refractivity contribution in [3.05, 3.63) is 231 Å². The molecule has 0 atom stereocenters. The Morgan fingerprint density at radius 3 is 0.850 bits per heavy atom. The predicted molar refractivity (Wildman–Crippen MR) is 259 cm³/mol. The Morgan fingerprint density at radius 1 is 0.150 bits per heavy atom. The predicted octanol–water partition coefficient (Wildman–Crippen LogP) is 16.9. The molecule has 0 N–H and O–H groups in total. The van der Waals surface area contributed by atoms with Gasteiger partial charge in [-0.1, -0.05) is 206 Å². The van der Waals surface area contributed by atoms with Crippen LogP contribution in [0.3, 0.4) is 0 Å². The van der Waals surface area contributed by atoms with Gasteiger partial charge in [-0.25, -0.2) is 0 Å². The van der Waals surface area contributed by atoms with Gasteiger partial charge in [0.1, 0.15) is 0 Å². The van der Waals surface area contributed by atoms with Crippen molar-refractivity contribution in [1.29, 1.82) is 0 Å². The smallest absolute Gasteiger partial charge is 0.00926 e. The summed E-state index contributed by atoms with van der Waals surface area (Å²) in [6.45, 7) is 0. The van der Waals surface area contributed by atoms with E-state index in [0.29, 0.717) is 0 Å². The first-order chi connectivity index (χ1) is 29.8. The van der Waals surface area contributed by atoms with Crippen LogP contribution in [-0.4, -0.2) is 0 Å². The van der Waals surface area contributed by atoms with Crippen LogP contribution in [-0.2, 0) is 0 Å². The Morgan fingerprint density at radius 2 is 0.467 bits per heavy atom. The number of benzene rings is 12. The van der Waals surface area contributed by atoms with Gasteiger partial charge in [0.2, 0.25) is 0 Å². The molecule has 0 aliphatic heterocycles. The first kappa shape index (κ1) is 34.3. The lowest BCUT2D eigenvalue weighted by Gasteiger charge is -2.19. The van der Waals surface area contributed by atoms with E-state index < -0.39 is 0 Å². The lowest BCUT2D eigenvalue weighted by Crippen LogP contribution is -1.92. The van der Waals surface area contributed by atoms with E-state index in [1.807, 2.05) is 0 Å². The van der Waals surface area contributed by atoms with Crippen LogP contribution in [0.15, 0.2) is 231 Å². The number of rotatable bonds is 5. The summed E-state index contributed by atoms with van der Waals surface area (Å²) in [5, 5.41) is 15.1. The fourth-order valence-electron chi connectivity index (χ4n) is 9.81. The molecule has 0 saturated carbocycles. The highest BCUT2D eigenvalue weighted by Gasteiger charge is 2.18. The highest BCUT2D eigenvalue weighted by molar-refractivity contribution is 6.21. The van der Waals surface area contributed by atoms with E-state index in [4.69, 9.17) is 0 Å². The molecular formula is C60H38. The Bertz CT molecular complexity index is 3390. The summed E-state index contributed by atoms with van der Waals surface area (Å²) in [5.41, 5.74) is 12.4. The van der Waals surface area contributed by atoms with Gasteiger partial charge in [-0.15, -0.1) is 0 Å². The van der Waals surface area contributed by atoms with E-state index in [1.54, 1.807) is 0 Å². The molecule has 0 aliphatic carbocycles. The van der Waals surface area contributed by atoms with Gasteiger partial charge in [0, 0.05) is 0 Å². The Kier molecular flexibility index (Phi) is 7.96. The molecule has 0 aliphatic rings. The summed E-state index contributed by atoms with van der Waals surface area (Å²) >= 11 is 0. The van der Waals surface area contributed by atoms with Gasteiger partial charge in [0.25, 0.3) is 0 Å². The molecule has 0 heteroatoms. The third kappa shape index (κ3) is 5.53. The van der Waals surface area contributed by atoms with Crippen LogP contribution >= 0.6 is 0 Å². The Balaban J connectivity index is 1.07. The quantitative estimate of drug-likeness (QED) is 0.153. The van der Waals surface area contributed by atoms with Crippen LogP contribution < -0.4 is 0 Å². The molecule has 0 fully saturated rings. The van der Waals surface area contributed by atoms with Gasteiger partial charge < -0.3 is 0 Å². The molecule has 0 aromatic heterocycles. The van der Waals surface area contributed by atoms with E-state index in [1.165, 1.54) is 120 Å². The largest absolute Gasteiger partial charge is 0.0622 e. The molecule has 12 rings (SSSR count). The van der Waals surface area contributed by atoms with Gasteiger partial charge >= 0.3 is 0 Å². The van der Waals surface area contributed by atoms with E-state index in [2.05, 4.69) is 231 Å². The average molecular weight is 759 g/mol. The third-order valence-corrected chi connectivity index (χ3v) is 12.7. The molecule has 0 nitrogen and oxygen atoms in total. The second-order valence-corrected chi connectivity index (χ2v) is 16.0. The van der Waals surface area contributed by atoms with Gasteiger partial charge in [0.15, 0.2) is 0 Å². The van der Waals surface area contributed by atoms with Crippen LogP contribution in [0.25, 0.3) is 120 Å². The van der Waals surface area contributed by atoms with Crippen molar-refractivity contribution in [2.24, 2.45) is 0 Å². The van der Waals surface area contributed by atoms with Crippen molar-refractivity contribution in [2.45, 2.75) is 0 Å². The number of fused-ring (bicyclic) bond motifs is 8. The summed E-state index contributed by atoms with van der Waals surface area (Å²) < 4.78 is 0. The molecular weight excluding hydrogens is 721 g/mol. The Labute approximate surface area is 349 Å². The molecule has 278 valence electrons. The summed E-state index contributed by atoms with van der Waals surface area (Å²) in [6.07, 6.45) is 0. The molecule has 12 aromatic carbocycles. The zero-order valence-corrected chi connectivity index (χ0v) is 32.9. The molecule has 12 aromatic rings. The highest BCUT2D eigenvalue weighted by Crippen LogP contribution is 2.46. The summed E-state index contributed by atoms with van der Waals surface area (Å²) in [7, 11) is 0. The van der Waals surface area contributed by atoms with Crippen molar-refractivity contribution in [2.75, 3.05) is 0 Å². The van der Waals surface area contributed by atoms with Gasteiger partial charge in [0.05, 0.1) is 0 Å². The normalized spacial score (nSPS) is 11.7. The van der Waals surface area contributed by atoms with Crippen molar-refractivity contribution >= 4 is 64.6 Å². The molecule has 0 spiro atoms. The van der Waals surface area contributed by atoms with Crippen LogP contribution in [0.4, 0.5) is 0 Å². The van der Waals surface area contributed by atoms with Gasteiger partial charge in [-0.2, -0.15) is 0 Å². The third-order valence-electron chi connectivity index (χ3n) is 12.7. The minimum atomic E-state index is 1.22. The summed E-state index contributed by atoms with van der Waals surface area (Å²) in [4.78, 5) is 0. The second kappa shape index (κ2) is 13.9. The summed E-state index contributed by atoms with van der Waals surface area (Å²) in [6, 6.07) is 85.2. The number of hydrogen-bond acceptors (Lipinski definition) is 0. The lowest BCUT2D eigenvalue weighted by atomic mass is 9.85. The average Bonchev–Trinajstić information content (AvgIpc) is 3.33. The zero-order chi connectivity index (χ0) is 39.6. The topological polar surface area (TPSA) is 0 Å². The molecule has 0 unspecified atom stereocenters. The molecule has 0 saturated heterocycles. The van der Waals surface area contributed by atoms with E-state index in [0.717, 1.165) is 0 Å². The molecule has 0 heterocycles. The minimum Gasteiger partial charge on any atom is -0.0622 e. The zero-order valence-electron chi connectivity index (χ0n) is 32.9. The van der Waals surface area contributed by atoms with E-state index >= 15 is 0 Å². The highest BCUT2D eigenvalue weighted by atomic mass is 14.2. The van der Waals surface area contributed by atoms with Crippen molar-refractivity contribution in [3.8, 4) is 55.6 Å². The fourth-order valence-corrected chi connectivity index (χ4v) is 9.81. The van der Waals surface area contributed by atoms with Crippen LogP contribution in [0.5, 0.6) is 0 Å². The maximum Gasteiger partial charge on any atom is -0.00926 e. The maximum absolute atomic E-state index is 2.40. The maximum atomic E-state index is 2.40. The first-order valence-corrected chi connectivity index (χ1v) is 20.8. The van der Waals surface area contributed by atoms with Gasteiger partial charge in [-0.05, 0) is 145 Å². The summed E-state index contributed by atoms with van der Waals surface area (Å²) in [5.74, 6) is 0. The second-order valence-electron chi connectivity index (χ2n) is 16.0. The van der Waals surface area contributed by atoms with Crippen LogP contribution in [0.2, 0.25) is 0 Å². The molecule has 0 radical (unpaired) electrons. The fraction of sp³-hybridized carbons (Fsp3) is 0. The molecule has 0 bridgehead atoms. The SMILES string of the molecule is c1ccc(-c2ccc3c(c2)c(-c2ccc(-c4ccc(-c5cc6ccccc6c6ccc(-c7ccccc7)cc56)c5ccccc45)c4ccccc24)cc2ccccc23)cc1. The van der Waals surface area contributed by atoms with Crippen LogP contribution in [0, 0.1) is 0 Å². The van der Waals surface area contributed by atoms with Crippen LogP contribution in [0.1, 0.15) is 0 Å². The number of hydrogen-bond donors (Lipinski definition) is 0.